The number of carbonyl (C=O) groups is 1. The standard InChI is InChI=1S/C17H27N3O3S.ClH/c1-17(2,3)20-24(22,23)15-7-5-4-6-14(15)12-19-16(21)13-8-10-18-11-9-13;/h4-7,13,18,20H,8-12H2,1-3H3,(H,19,21);1H. The Labute approximate surface area is 156 Å². The number of benzene rings is 1. The Morgan fingerprint density at radius 2 is 1.80 bits per heavy atom. The number of nitrogens with one attached hydrogen (secondary N) is 3. The Kier molecular flexibility index (Phi) is 7.87. The number of amides is 1. The molecule has 1 aromatic carbocycles. The summed E-state index contributed by atoms with van der Waals surface area (Å²) in [4.78, 5) is 12.5. The number of hydrogen-bond donors (Lipinski definition) is 3. The van der Waals surface area contributed by atoms with Crippen LogP contribution in [0.1, 0.15) is 39.2 Å². The van der Waals surface area contributed by atoms with Gasteiger partial charge in [-0.2, -0.15) is 0 Å². The fourth-order valence-electron chi connectivity index (χ4n) is 2.78. The Morgan fingerprint density at radius 1 is 1.20 bits per heavy atom. The van der Waals surface area contributed by atoms with E-state index in [-0.39, 0.29) is 35.7 Å². The van der Waals surface area contributed by atoms with Crippen molar-refractivity contribution in [2.75, 3.05) is 13.1 Å². The number of sulfonamides is 1. The Morgan fingerprint density at radius 3 is 2.40 bits per heavy atom. The van der Waals surface area contributed by atoms with Crippen molar-refractivity contribution >= 4 is 28.3 Å². The van der Waals surface area contributed by atoms with Gasteiger partial charge in [-0.05, 0) is 58.3 Å². The SMILES string of the molecule is CC(C)(C)NS(=O)(=O)c1ccccc1CNC(=O)C1CCNCC1.Cl. The number of carbonyl (C=O) groups excluding carboxylic acids is 1. The van der Waals surface area contributed by atoms with Crippen molar-refractivity contribution in [2.24, 2.45) is 5.92 Å². The van der Waals surface area contributed by atoms with Crippen LogP contribution >= 0.6 is 12.4 Å². The summed E-state index contributed by atoms with van der Waals surface area (Å²) < 4.78 is 27.8. The van der Waals surface area contributed by atoms with Crippen molar-refractivity contribution < 1.29 is 13.2 Å². The highest BCUT2D eigenvalue weighted by Gasteiger charge is 2.25. The maximum atomic E-state index is 12.6. The van der Waals surface area contributed by atoms with Gasteiger partial charge >= 0.3 is 0 Å². The van der Waals surface area contributed by atoms with Crippen LogP contribution in [-0.2, 0) is 21.4 Å². The molecule has 2 rings (SSSR count). The smallest absolute Gasteiger partial charge is 0.241 e. The number of halogens is 1. The Bertz CT molecular complexity index is 681. The molecule has 1 amide bonds. The molecule has 1 aromatic rings. The minimum absolute atomic E-state index is 0. The van der Waals surface area contributed by atoms with Crippen LogP contribution in [0.4, 0.5) is 0 Å². The van der Waals surface area contributed by atoms with E-state index in [1.54, 1.807) is 45.0 Å². The Hall–Kier alpha value is -1.15. The first kappa shape index (κ1) is 21.9. The molecular weight excluding hydrogens is 362 g/mol. The molecule has 1 aliphatic heterocycles. The quantitative estimate of drug-likeness (QED) is 0.716. The highest BCUT2D eigenvalue weighted by molar-refractivity contribution is 7.89. The molecule has 0 saturated carbocycles. The third-order valence-electron chi connectivity index (χ3n) is 3.87. The molecule has 0 aliphatic carbocycles. The normalized spacial score (nSPS) is 16.1. The summed E-state index contributed by atoms with van der Waals surface area (Å²) in [7, 11) is -3.63. The van der Waals surface area contributed by atoms with Gasteiger partial charge in [-0.1, -0.05) is 18.2 Å². The molecule has 1 saturated heterocycles. The number of piperidine rings is 1. The van der Waals surface area contributed by atoms with Gasteiger partial charge in [0.05, 0.1) is 4.90 Å². The van der Waals surface area contributed by atoms with E-state index in [4.69, 9.17) is 0 Å². The monoisotopic (exact) mass is 389 g/mol. The average molecular weight is 390 g/mol. The van der Waals surface area contributed by atoms with E-state index in [9.17, 15) is 13.2 Å². The lowest BCUT2D eigenvalue weighted by Crippen LogP contribution is -2.41. The van der Waals surface area contributed by atoms with Gasteiger partial charge < -0.3 is 10.6 Å². The molecule has 0 unspecified atom stereocenters. The maximum Gasteiger partial charge on any atom is 0.241 e. The zero-order chi connectivity index (χ0) is 17.8. The van der Waals surface area contributed by atoms with Gasteiger partial charge in [0.15, 0.2) is 0 Å². The minimum Gasteiger partial charge on any atom is -0.352 e. The van der Waals surface area contributed by atoms with Crippen molar-refractivity contribution in [1.29, 1.82) is 0 Å². The molecule has 0 atom stereocenters. The van der Waals surface area contributed by atoms with E-state index in [2.05, 4.69) is 15.4 Å². The van der Waals surface area contributed by atoms with Crippen molar-refractivity contribution in [3.63, 3.8) is 0 Å². The Balaban J connectivity index is 0.00000312. The predicted octanol–water partition coefficient (Wildman–Crippen LogP) is 1.80. The van der Waals surface area contributed by atoms with E-state index < -0.39 is 15.6 Å². The van der Waals surface area contributed by atoms with Crippen LogP contribution in [0, 0.1) is 5.92 Å². The van der Waals surface area contributed by atoms with Gasteiger partial charge in [-0.15, -0.1) is 12.4 Å². The summed E-state index contributed by atoms with van der Waals surface area (Å²) in [5, 5.41) is 6.11. The molecule has 8 heteroatoms. The van der Waals surface area contributed by atoms with Gasteiger partial charge in [-0.25, -0.2) is 13.1 Å². The van der Waals surface area contributed by atoms with E-state index in [1.165, 1.54) is 0 Å². The van der Waals surface area contributed by atoms with Crippen molar-refractivity contribution in [3.05, 3.63) is 29.8 Å². The van der Waals surface area contributed by atoms with Gasteiger partial charge in [0.1, 0.15) is 0 Å². The summed E-state index contributed by atoms with van der Waals surface area (Å²) in [5.41, 5.74) is 0.0288. The number of rotatable bonds is 5. The van der Waals surface area contributed by atoms with Crippen LogP contribution in [0.15, 0.2) is 29.2 Å². The third kappa shape index (κ3) is 6.58. The molecule has 1 fully saturated rings. The first-order valence-electron chi connectivity index (χ1n) is 8.29. The third-order valence-corrected chi connectivity index (χ3v) is 5.72. The highest BCUT2D eigenvalue weighted by atomic mass is 35.5. The summed E-state index contributed by atoms with van der Waals surface area (Å²) in [6, 6.07) is 6.78. The zero-order valence-electron chi connectivity index (χ0n) is 15.0. The predicted molar refractivity (Wildman–Crippen MR) is 101 cm³/mol. The lowest BCUT2D eigenvalue weighted by Gasteiger charge is -2.23. The summed E-state index contributed by atoms with van der Waals surface area (Å²) in [6.45, 7) is 7.30. The van der Waals surface area contributed by atoms with Crippen LogP contribution in [0.3, 0.4) is 0 Å². The van der Waals surface area contributed by atoms with E-state index in [1.807, 2.05) is 0 Å². The summed E-state index contributed by atoms with van der Waals surface area (Å²) in [6.07, 6.45) is 1.63. The molecule has 142 valence electrons. The largest absolute Gasteiger partial charge is 0.352 e. The van der Waals surface area contributed by atoms with E-state index >= 15 is 0 Å². The first-order chi connectivity index (χ1) is 11.2. The second-order valence-corrected chi connectivity index (χ2v) is 8.86. The van der Waals surface area contributed by atoms with Crippen LogP contribution in [0.25, 0.3) is 0 Å². The highest BCUT2D eigenvalue weighted by Crippen LogP contribution is 2.18. The second kappa shape index (κ2) is 8.98. The van der Waals surface area contributed by atoms with Gasteiger partial charge in [0.2, 0.25) is 15.9 Å². The average Bonchev–Trinajstić information content (AvgIpc) is 2.51. The van der Waals surface area contributed by atoms with E-state index in [0.717, 1.165) is 25.9 Å². The van der Waals surface area contributed by atoms with Crippen molar-refractivity contribution in [2.45, 2.75) is 50.6 Å². The molecule has 6 nitrogen and oxygen atoms in total. The van der Waals surface area contributed by atoms with Crippen LogP contribution in [-0.4, -0.2) is 33.0 Å². The lowest BCUT2D eigenvalue weighted by atomic mass is 9.97. The molecular formula is C17H28ClN3O3S. The molecule has 1 aliphatic rings. The first-order valence-corrected chi connectivity index (χ1v) is 9.78. The van der Waals surface area contributed by atoms with Crippen molar-refractivity contribution in [3.8, 4) is 0 Å². The van der Waals surface area contributed by atoms with E-state index in [0.29, 0.717) is 5.56 Å². The van der Waals surface area contributed by atoms with Crippen molar-refractivity contribution in [1.82, 2.24) is 15.4 Å². The van der Waals surface area contributed by atoms with Gasteiger partial charge in [-0.3, -0.25) is 4.79 Å². The topological polar surface area (TPSA) is 87.3 Å². The number of hydrogen-bond acceptors (Lipinski definition) is 4. The fourth-order valence-corrected chi connectivity index (χ4v) is 4.44. The molecule has 0 bridgehead atoms. The zero-order valence-corrected chi connectivity index (χ0v) is 16.6. The molecule has 0 aromatic heterocycles. The lowest BCUT2D eigenvalue weighted by molar-refractivity contribution is -0.125. The molecule has 0 spiro atoms. The van der Waals surface area contributed by atoms with Gasteiger partial charge in [0.25, 0.3) is 0 Å². The maximum absolute atomic E-state index is 12.6. The van der Waals surface area contributed by atoms with Crippen LogP contribution in [0.5, 0.6) is 0 Å². The van der Waals surface area contributed by atoms with Crippen LogP contribution in [0.2, 0.25) is 0 Å². The molecule has 0 radical (unpaired) electrons. The minimum atomic E-state index is -3.63. The molecule has 3 N–H and O–H groups in total. The van der Waals surface area contributed by atoms with Crippen LogP contribution < -0.4 is 15.4 Å². The molecule has 25 heavy (non-hydrogen) atoms. The summed E-state index contributed by atoms with van der Waals surface area (Å²) >= 11 is 0. The second-order valence-electron chi connectivity index (χ2n) is 7.21. The summed E-state index contributed by atoms with van der Waals surface area (Å²) in [5.74, 6) is -0.00444. The molecule has 1 heterocycles. The fraction of sp³-hybridized carbons (Fsp3) is 0.588. The van der Waals surface area contributed by atoms with Gasteiger partial charge in [0, 0.05) is 18.0 Å².